The number of aliphatic hydroxyl groups excluding tert-OH is 1. The van der Waals surface area contributed by atoms with E-state index >= 15 is 0 Å². The van der Waals surface area contributed by atoms with Gasteiger partial charge in [0.2, 0.25) is 0 Å². The Morgan fingerprint density at radius 1 is 1.33 bits per heavy atom. The minimum atomic E-state index is -0.216. The highest BCUT2D eigenvalue weighted by atomic mass is 32.1. The molecule has 0 aliphatic heterocycles. The van der Waals surface area contributed by atoms with Crippen molar-refractivity contribution in [3.63, 3.8) is 0 Å². The molecule has 1 aromatic heterocycles. The van der Waals surface area contributed by atoms with Crippen LogP contribution in [0.1, 0.15) is 60.4 Å². The number of thiophene rings is 1. The van der Waals surface area contributed by atoms with Gasteiger partial charge >= 0.3 is 0 Å². The van der Waals surface area contributed by atoms with Gasteiger partial charge in [0.1, 0.15) is 0 Å². The van der Waals surface area contributed by atoms with Crippen LogP contribution in [0.4, 0.5) is 0 Å². The lowest BCUT2D eigenvalue weighted by atomic mass is 10.1. The average molecular weight is 224 g/mol. The first-order valence-electron chi connectivity index (χ1n) is 6.10. The molecule has 0 radical (unpaired) electrons. The summed E-state index contributed by atoms with van der Waals surface area (Å²) in [6.45, 7) is 2.13. The van der Waals surface area contributed by atoms with Gasteiger partial charge in [-0.05, 0) is 43.7 Å². The fourth-order valence-electron chi connectivity index (χ4n) is 2.27. The first kappa shape index (κ1) is 11.2. The smallest absolute Gasteiger partial charge is 0.0882 e. The Balaban J connectivity index is 2.14. The molecule has 1 aliphatic carbocycles. The lowest BCUT2D eigenvalue weighted by Crippen LogP contribution is -1.92. The van der Waals surface area contributed by atoms with Gasteiger partial charge in [0.05, 0.1) is 6.10 Å². The minimum absolute atomic E-state index is 0.216. The van der Waals surface area contributed by atoms with Gasteiger partial charge in [-0.3, -0.25) is 0 Å². The van der Waals surface area contributed by atoms with Gasteiger partial charge < -0.3 is 5.11 Å². The third-order valence-corrected chi connectivity index (χ3v) is 4.49. The van der Waals surface area contributed by atoms with Crippen LogP contribution < -0.4 is 0 Å². The zero-order chi connectivity index (χ0) is 10.7. The lowest BCUT2D eigenvalue weighted by Gasteiger charge is -2.05. The second-order valence-corrected chi connectivity index (χ2v) is 5.63. The van der Waals surface area contributed by atoms with E-state index in [1.165, 1.54) is 47.4 Å². The number of rotatable bonds is 3. The van der Waals surface area contributed by atoms with Gasteiger partial charge in [-0.1, -0.05) is 19.8 Å². The fourth-order valence-corrected chi connectivity index (χ4v) is 3.55. The normalized spacial score (nSPS) is 18.3. The molecule has 0 amide bonds. The van der Waals surface area contributed by atoms with Crippen molar-refractivity contribution < 1.29 is 5.11 Å². The quantitative estimate of drug-likeness (QED) is 0.773. The second-order valence-electron chi connectivity index (χ2n) is 4.46. The summed E-state index contributed by atoms with van der Waals surface area (Å²) in [4.78, 5) is 2.74. The van der Waals surface area contributed by atoms with Crippen molar-refractivity contribution >= 4 is 11.3 Å². The van der Waals surface area contributed by atoms with Crippen LogP contribution >= 0.6 is 11.3 Å². The van der Waals surface area contributed by atoms with Crippen LogP contribution in [0.5, 0.6) is 0 Å². The molecule has 84 valence electrons. The first-order chi connectivity index (χ1) is 7.31. The maximum Gasteiger partial charge on any atom is 0.0882 e. The number of hydrogen-bond donors (Lipinski definition) is 1. The molecule has 0 saturated heterocycles. The van der Waals surface area contributed by atoms with Crippen LogP contribution in [0.15, 0.2) is 6.07 Å². The Bertz CT molecular complexity index is 293. The van der Waals surface area contributed by atoms with E-state index in [0.717, 1.165) is 12.8 Å². The van der Waals surface area contributed by atoms with Crippen molar-refractivity contribution in [3.8, 4) is 0 Å². The summed E-state index contributed by atoms with van der Waals surface area (Å²) in [6.07, 6.45) is 8.23. The molecule has 15 heavy (non-hydrogen) atoms. The van der Waals surface area contributed by atoms with Crippen molar-refractivity contribution in [1.82, 2.24) is 0 Å². The van der Waals surface area contributed by atoms with Gasteiger partial charge in [-0.25, -0.2) is 0 Å². The van der Waals surface area contributed by atoms with E-state index in [1.807, 2.05) is 11.3 Å². The molecule has 2 rings (SSSR count). The highest BCUT2D eigenvalue weighted by Gasteiger charge is 2.16. The van der Waals surface area contributed by atoms with Crippen LogP contribution in [0.3, 0.4) is 0 Å². The van der Waals surface area contributed by atoms with Gasteiger partial charge in [0.25, 0.3) is 0 Å². The third kappa shape index (κ3) is 2.61. The Morgan fingerprint density at radius 3 is 2.93 bits per heavy atom. The predicted molar refractivity (Wildman–Crippen MR) is 65.4 cm³/mol. The van der Waals surface area contributed by atoms with Crippen molar-refractivity contribution in [2.75, 3.05) is 0 Å². The van der Waals surface area contributed by atoms with Crippen LogP contribution in [0.25, 0.3) is 0 Å². The molecule has 0 fully saturated rings. The van der Waals surface area contributed by atoms with Crippen LogP contribution in [-0.4, -0.2) is 5.11 Å². The second kappa shape index (κ2) is 5.13. The molecular weight excluding hydrogens is 204 g/mol. The van der Waals surface area contributed by atoms with E-state index in [9.17, 15) is 5.11 Å². The Kier molecular flexibility index (Phi) is 3.81. The molecule has 1 nitrogen and oxygen atoms in total. The molecule has 1 unspecified atom stereocenters. The Morgan fingerprint density at radius 2 is 2.13 bits per heavy atom. The largest absolute Gasteiger partial charge is 0.388 e. The van der Waals surface area contributed by atoms with E-state index in [-0.39, 0.29) is 6.10 Å². The Hall–Kier alpha value is -0.340. The van der Waals surface area contributed by atoms with Crippen molar-refractivity contribution in [3.05, 3.63) is 21.4 Å². The minimum Gasteiger partial charge on any atom is -0.388 e. The van der Waals surface area contributed by atoms with E-state index < -0.39 is 0 Å². The zero-order valence-corrected chi connectivity index (χ0v) is 10.3. The number of hydrogen-bond acceptors (Lipinski definition) is 2. The highest BCUT2D eigenvalue weighted by molar-refractivity contribution is 7.12. The molecule has 1 N–H and O–H groups in total. The summed E-state index contributed by atoms with van der Waals surface area (Å²) in [5.41, 5.74) is 1.52. The summed E-state index contributed by atoms with van der Waals surface area (Å²) in [5.74, 6) is 0. The third-order valence-electron chi connectivity index (χ3n) is 3.16. The standard InChI is InChI=1S/C13H20OS/c1-2-6-11(14)13-9-10-7-4-3-5-8-12(10)15-13/h9,11,14H,2-8H2,1H3. The van der Waals surface area contributed by atoms with Crippen molar-refractivity contribution in [2.24, 2.45) is 0 Å². The topological polar surface area (TPSA) is 20.2 Å². The molecule has 1 aromatic rings. The molecular formula is C13H20OS. The monoisotopic (exact) mass is 224 g/mol. The Labute approximate surface area is 96.1 Å². The molecule has 1 atom stereocenters. The lowest BCUT2D eigenvalue weighted by molar-refractivity contribution is 0.170. The summed E-state index contributed by atoms with van der Waals surface area (Å²) in [5, 5.41) is 9.95. The summed E-state index contributed by atoms with van der Waals surface area (Å²) < 4.78 is 0. The fraction of sp³-hybridized carbons (Fsp3) is 0.692. The van der Waals surface area contributed by atoms with Crippen molar-refractivity contribution in [2.45, 2.75) is 58.0 Å². The zero-order valence-electron chi connectivity index (χ0n) is 9.46. The number of aryl methyl sites for hydroxylation is 2. The summed E-state index contributed by atoms with van der Waals surface area (Å²) in [7, 11) is 0. The molecule has 0 aromatic carbocycles. The van der Waals surface area contributed by atoms with Crippen molar-refractivity contribution in [1.29, 1.82) is 0 Å². The number of fused-ring (bicyclic) bond motifs is 1. The summed E-state index contributed by atoms with van der Waals surface area (Å²) >= 11 is 1.85. The average Bonchev–Trinajstić information content (AvgIpc) is 2.51. The molecule has 0 bridgehead atoms. The van der Waals surface area contributed by atoms with E-state index in [2.05, 4.69) is 13.0 Å². The molecule has 1 aliphatic rings. The van der Waals surface area contributed by atoms with Crippen LogP contribution in [0, 0.1) is 0 Å². The number of aliphatic hydroxyl groups is 1. The molecule has 0 saturated carbocycles. The van der Waals surface area contributed by atoms with E-state index in [4.69, 9.17) is 0 Å². The van der Waals surface area contributed by atoms with Gasteiger partial charge in [0.15, 0.2) is 0 Å². The molecule has 2 heteroatoms. The molecule has 1 heterocycles. The SMILES string of the molecule is CCCC(O)c1cc2c(s1)CCCCC2. The maximum atomic E-state index is 9.95. The van der Waals surface area contributed by atoms with Crippen LogP contribution in [-0.2, 0) is 12.8 Å². The first-order valence-corrected chi connectivity index (χ1v) is 6.92. The van der Waals surface area contributed by atoms with Gasteiger partial charge in [0, 0.05) is 9.75 Å². The van der Waals surface area contributed by atoms with Gasteiger partial charge in [-0.15, -0.1) is 11.3 Å². The van der Waals surface area contributed by atoms with Gasteiger partial charge in [-0.2, -0.15) is 0 Å². The molecule has 0 spiro atoms. The predicted octanol–water partition coefficient (Wildman–Crippen LogP) is 3.85. The maximum absolute atomic E-state index is 9.95. The highest BCUT2D eigenvalue weighted by Crippen LogP contribution is 2.33. The van der Waals surface area contributed by atoms with Crippen LogP contribution in [0.2, 0.25) is 0 Å². The van der Waals surface area contributed by atoms with E-state index in [0.29, 0.717) is 0 Å². The summed E-state index contributed by atoms with van der Waals surface area (Å²) in [6, 6.07) is 2.26. The van der Waals surface area contributed by atoms with E-state index in [1.54, 1.807) is 0 Å².